The zero-order chi connectivity index (χ0) is 19.3. The second-order valence-electron chi connectivity index (χ2n) is 12.1. The summed E-state index contributed by atoms with van der Waals surface area (Å²) in [5, 5.41) is 12.5. The largest absolute Gasteiger partial charge is 0.356 e. The molecule has 0 aromatic carbocycles. The van der Waals surface area contributed by atoms with Gasteiger partial charge in [0, 0.05) is 12.0 Å². The summed E-state index contributed by atoms with van der Waals surface area (Å²) < 4.78 is 6.29. The average molecular weight is 377 g/mol. The maximum atomic E-state index is 11.0. The van der Waals surface area contributed by atoms with Gasteiger partial charge in [0.15, 0.2) is 0 Å². The lowest BCUT2D eigenvalue weighted by atomic mass is 9.42. The van der Waals surface area contributed by atoms with Crippen molar-refractivity contribution in [1.82, 2.24) is 5.06 Å². The van der Waals surface area contributed by atoms with Crippen molar-refractivity contribution in [2.75, 3.05) is 6.61 Å². The normalized spacial score (nSPS) is 57.3. The van der Waals surface area contributed by atoms with Crippen molar-refractivity contribution in [2.45, 2.75) is 109 Å². The van der Waals surface area contributed by atoms with E-state index in [4.69, 9.17) is 10.5 Å². The molecule has 4 nitrogen and oxygen atoms in total. The number of hydrogen-bond acceptors (Lipinski definition) is 4. The molecule has 0 aromatic rings. The standard InChI is InChI=1S/C23H40N2O2/c1-19(2)15-27-23(25(19)26)13-12-21(4)18-8-10-20(3)9-5-6-17(20)16(18)7-11-22(21,24)14-23/h16-18,26H,5-15,24H2,1-4H3/t16?,17?,18?,20?,21?,22-,23?/m1/s1. The first-order valence-electron chi connectivity index (χ1n) is 11.5. The van der Waals surface area contributed by atoms with Crippen LogP contribution in [0, 0.1) is 28.6 Å². The lowest BCUT2D eigenvalue weighted by Gasteiger charge is -2.66. The first kappa shape index (κ1) is 18.8. The number of rotatable bonds is 0. The lowest BCUT2D eigenvalue weighted by Crippen LogP contribution is -2.71. The molecule has 4 heteroatoms. The highest BCUT2D eigenvalue weighted by Gasteiger charge is 2.67. The molecule has 1 heterocycles. The second-order valence-corrected chi connectivity index (χ2v) is 12.1. The fourth-order valence-corrected chi connectivity index (χ4v) is 8.60. The van der Waals surface area contributed by atoms with E-state index in [-0.39, 0.29) is 16.5 Å². The van der Waals surface area contributed by atoms with Gasteiger partial charge in [0.2, 0.25) is 0 Å². The molecular weight excluding hydrogens is 336 g/mol. The molecule has 1 saturated heterocycles. The highest BCUT2D eigenvalue weighted by molar-refractivity contribution is 5.18. The molecule has 0 amide bonds. The van der Waals surface area contributed by atoms with Crippen LogP contribution in [0.25, 0.3) is 0 Å². The van der Waals surface area contributed by atoms with Gasteiger partial charge >= 0.3 is 0 Å². The van der Waals surface area contributed by atoms with Crippen molar-refractivity contribution in [1.29, 1.82) is 0 Å². The quantitative estimate of drug-likeness (QED) is 0.643. The predicted octanol–water partition coefficient (Wildman–Crippen LogP) is 4.70. The Labute approximate surface area is 165 Å². The van der Waals surface area contributed by atoms with Crippen molar-refractivity contribution in [2.24, 2.45) is 34.3 Å². The zero-order valence-corrected chi connectivity index (χ0v) is 17.9. The van der Waals surface area contributed by atoms with Crippen LogP contribution in [0.2, 0.25) is 0 Å². The first-order valence-corrected chi connectivity index (χ1v) is 11.5. The average Bonchev–Trinajstić information content (AvgIpc) is 3.10. The van der Waals surface area contributed by atoms with E-state index in [1.807, 2.05) is 0 Å². The Morgan fingerprint density at radius 1 is 0.926 bits per heavy atom. The summed E-state index contributed by atoms with van der Waals surface area (Å²) in [5.41, 5.74) is 6.93. The molecule has 7 atom stereocenters. The molecule has 1 spiro atoms. The lowest BCUT2D eigenvalue weighted by molar-refractivity contribution is -0.286. The van der Waals surface area contributed by atoms with E-state index in [0.29, 0.717) is 12.0 Å². The van der Waals surface area contributed by atoms with Gasteiger partial charge in [-0.3, -0.25) is 0 Å². The van der Waals surface area contributed by atoms with Crippen molar-refractivity contribution in [3.63, 3.8) is 0 Å². The van der Waals surface area contributed by atoms with Crippen LogP contribution in [0.5, 0.6) is 0 Å². The fourth-order valence-electron chi connectivity index (χ4n) is 8.60. The number of ether oxygens (including phenoxy) is 1. The monoisotopic (exact) mass is 376 g/mol. The van der Waals surface area contributed by atoms with Crippen molar-refractivity contribution in [3.8, 4) is 0 Å². The van der Waals surface area contributed by atoms with Gasteiger partial charge in [-0.2, -0.15) is 5.06 Å². The number of hydrogen-bond donors (Lipinski definition) is 2. The zero-order valence-electron chi connectivity index (χ0n) is 17.9. The van der Waals surface area contributed by atoms with E-state index >= 15 is 0 Å². The number of nitrogens with two attached hydrogens (primary N) is 1. The van der Waals surface area contributed by atoms with Crippen LogP contribution >= 0.6 is 0 Å². The number of nitrogens with zero attached hydrogens (tertiary/aromatic N) is 1. The Balaban J connectivity index is 1.45. The third kappa shape index (κ3) is 2.30. The van der Waals surface area contributed by atoms with Gasteiger partial charge in [-0.25, -0.2) is 0 Å². The van der Waals surface area contributed by atoms with E-state index in [0.717, 1.165) is 43.4 Å². The maximum absolute atomic E-state index is 11.0. The third-order valence-electron chi connectivity index (χ3n) is 10.4. The number of hydroxylamine groups is 2. The van der Waals surface area contributed by atoms with E-state index < -0.39 is 5.72 Å². The molecule has 0 bridgehead atoms. The number of fused-ring (bicyclic) bond motifs is 5. The molecule has 4 saturated carbocycles. The van der Waals surface area contributed by atoms with Crippen molar-refractivity contribution >= 4 is 0 Å². The second kappa shape index (κ2) is 5.50. The van der Waals surface area contributed by atoms with Crippen LogP contribution in [-0.2, 0) is 4.74 Å². The smallest absolute Gasteiger partial charge is 0.146 e. The maximum Gasteiger partial charge on any atom is 0.146 e. The molecule has 3 N–H and O–H groups in total. The Bertz CT molecular complexity index is 638. The molecule has 0 aromatic heterocycles. The summed E-state index contributed by atoms with van der Waals surface area (Å²) in [6.07, 6.45) is 12.2. The van der Waals surface area contributed by atoms with Gasteiger partial charge in [0.25, 0.3) is 0 Å². The Hall–Kier alpha value is -0.160. The highest BCUT2D eigenvalue weighted by atomic mass is 16.6. The molecule has 4 aliphatic carbocycles. The molecule has 5 fully saturated rings. The van der Waals surface area contributed by atoms with Gasteiger partial charge in [-0.15, -0.1) is 0 Å². The van der Waals surface area contributed by atoms with Crippen molar-refractivity contribution < 1.29 is 9.94 Å². The summed E-state index contributed by atoms with van der Waals surface area (Å²) in [4.78, 5) is 0. The molecule has 1 aliphatic heterocycles. The van der Waals surface area contributed by atoms with Crippen LogP contribution < -0.4 is 5.73 Å². The van der Waals surface area contributed by atoms with Crippen LogP contribution in [0.4, 0.5) is 0 Å². The molecule has 5 rings (SSSR count). The summed E-state index contributed by atoms with van der Waals surface area (Å²) in [5.74, 6) is 2.55. The van der Waals surface area contributed by atoms with Crippen LogP contribution in [0.1, 0.15) is 91.9 Å². The molecule has 0 radical (unpaired) electrons. The van der Waals surface area contributed by atoms with Gasteiger partial charge in [0.05, 0.1) is 12.1 Å². The fraction of sp³-hybridized carbons (Fsp3) is 1.00. The highest BCUT2D eigenvalue weighted by Crippen LogP contribution is 2.68. The Morgan fingerprint density at radius 3 is 2.41 bits per heavy atom. The van der Waals surface area contributed by atoms with E-state index in [9.17, 15) is 5.21 Å². The molecule has 6 unspecified atom stereocenters. The minimum Gasteiger partial charge on any atom is -0.356 e. The van der Waals surface area contributed by atoms with Crippen LogP contribution in [0.3, 0.4) is 0 Å². The van der Waals surface area contributed by atoms with E-state index in [2.05, 4.69) is 27.7 Å². The van der Waals surface area contributed by atoms with Gasteiger partial charge in [0.1, 0.15) is 5.72 Å². The molecule has 27 heavy (non-hydrogen) atoms. The van der Waals surface area contributed by atoms with Gasteiger partial charge in [-0.05, 0) is 93.8 Å². The van der Waals surface area contributed by atoms with E-state index in [1.54, 1.807) is 0 Å². The van der Waals surface area contributed by atoms with Gasteiger partial charge in [-0.1, -0.05) is 20.3 Å². The van der Waals surface area contributed by atoms with E-state index in [1.165, 1.54) is 43.6 Å². The summed E-state index contributed by atoms with van der Waals surface area (Å²) in [6.45, 7) is 9.79. The molecular formula is C23H40N2O2. The predicted molar refractivity (Wildman–Crippen MR) is 106 cm³/mol. The first-order chi connectivity index (χ1) is 12.6. The van der Waals surface area contributed by atoms with Gasteiger partial charge < -0.3 is 15.7 Å². The SMILES string of the molecule is CC12CCCC1C1CC[C@@]3(N)CC4(CCC3(C)C1CC2)OCC(C)(C)N4O. The summed E-state index contributed by atoms with van der Waals surface area (Å²) in [7, 11) is 0. The third-order valence-corrected chi connectivity index (χ3v) is 10.4. The van der Waals surface area contributed by atoms with Crippen LogP contribution in [-0.4, -0.2) is 33.7 Å². The molecule has 5 aliphatic rings. The minimum absolute atomic E-state index is 0.183. The topological polar surface area (TPSA) is 58.7 Å². The minimum atomic E-state index is -0.568. The van der Waals surface area contributed by atoms with Crippen LogP contribution in [0.15, 0.2) is 0 Å². The summed E-state index contributed by atoms with van der Waals surface area (Å²) in [6, 6.07) is 0. The Morgan fingerprint density at radius 2 is 1.70 bits per heavy atom. The molecule has 154 valence electrons. The Kier molecular flexibility index (Phi) is 3.84. The van der Waals surface area contributed by atoms with Crippen molar-refractivity contribution in [3.05, 3.63) is 0 Å². The summed E-state index contributed by atoms with van der Waals surface area (Å²) >= 11 is 0.